The van der Waals surface area contributed by atoms with Gasteiger partial charge in [-0.2, -0.15) is 0 Å². The molecule has 1 saturated heterocycles. The Bertz CT molecular complexity index is 1440. The molecule has 0 N–H and O–H groups in total. The van der Waals surface area contributed by atoms with E-state index in [-0.39, 0.29) is 19.2 Å². The Morgan fingerprint density at radius 2 is 1.07 bits per heavy atom. The third-order valence-corrected chi connectivity index (χ3v) is 7.36. The van der Waals surface area contributed by atoms with Crippen molar-refractivity contribution in [3.8, 4) is 0 Å². The number of carbonyl (C=O) groups is 1. The quantitative estimate of drug-likeness (QED) is 0.137. The van der Waals surface area contributed by atoms with E-state index in [1.807, 2.05) is 121 Å². The minimum Gasteiger partial charge on any atom is -0.487 e. The van der Waals surface area contributed by atoms with E-state index in [9.17, 15) is 4.79 Å². The van der Waals surface area contributed by atoms with Gasteiger partial charge in [0.2, 0.25) is 0 Å². The summed E-state index contributed by atoms with van der Waals surface area (Å²) in [6, 6.07) is 39.9. The first-order chi connectivity index (χ1) is 22.2. The molecule has 0 saturated carbocycles. The lowest BCUT2D eigenvalue weighted by molar-refractivity contribution is -0.223. The first-order valence-electron chi connectivity index (χ1n) is 15.2. The van der Waals surface area contributed by atoms with Crippen LogP contribution in [0.2, 0.25) is 0 Å². The van der Waals surface area contributed by atoms with Crippen LogP contribution in [0.1, 0.15) is 29.2 Å². The minimum absolute atomic E-state index is 0.0361. The first kappa shape index (κ1) is 32.1. The highest BCUT2D eigenvalue weighted by Gasteiger charge is 2.46. The molecule has 4 atom stereocenters. The summed E-state index contributed by atoms with van der Waals surface area (Å²) >= 11 is 0. The van der Waals surface area contributed by atoms with Crippen LogP contribution in [-0.4, -0.2) is 43.6 Å². The third kappa shape index (κ3) is 10.1. The van der Waals surface area contributed by atoms with Crippen LogP contribution in [0.5, 0.6) is 0 Å². The molecule has 1 fully saturated rings. The van der Waals surface area contributed by atoms with Gasteiger partial charge in [0.05, 0.1) is 33.0 Å². The fraction of sp³-hybridized carbons (Fsp3) is 0.289. The van der Waals surface area contributed by atoms with Crippen LogP contribution in [0.3, 0.4) is 0 Å². The van der Waals surface area contributed by atoms with E-state index in [0.29, 0.717) is 32.2 Å². The average Bonchev–Trinajstić information content (AvgIpc) is 3.08. The van der Waals surface area contributed by atoms with E-state index >= 15 is 0 Å². The van der Waals surface area contributed by atoms with Crippen LogP contribution < -0.4 is 0 Å². The van der Waals surface area contributed by atoms with Crippen molar-refractivity contribution < 1.29 is 33.2 Å². The smallest absolute Gasteiger partial charge is 0.302 e. The van der Waals surface area contributed by atoms with E-state index in [4.69, 9.17) is 28.4 Å². The van der Waals surface area contributed by atoms with Crippen LogP contribution in [0, 0.1) is 0 Å². The Balaban J connectivity index is 1.45. The Morgan fingerprint density at radius 3 is 1.56 bits per heavy atom. The topological polar surface area (TPSA) is 72.5 Å². The maximum absolute atomic E-state index is 11.6. The van der Waals surface area contributed by atoms with Gasteiger partial charge in [-0.05, 0) is 28.3 Å². The van der Waals surface area contributed by atoms with Crippen molar-refractivity contribution in [1.29, 1.82) is 0 Å². The molecule has 0 aliphatic carbocycles. The summed E-state index contributed by atoms with van der Waals surface area (Å²) in [5.74, 6) is 0.131. The number of esters is 1. The number of rotatable bonds is 15. The molecule has 7 nitrogen and oxygen atoms in total. The van der Waals surface area contributed by atoms with Crippen molar-refractivity contribution in [1.82, 2.24) is 0 Å². The van der Waals surface area contributed by atoms with Gasteiger partial charge in [-0.15, -0.1) is 0 Å². The van der Waals surface area contributed by atoms with Gasteiger partial charge < -0.3 is 28.4 Å². The molecular weight excluding hydrogens is 568 g/mol. The van der Waals surface area contributed by atoms with Gasteiger partial charge in [-0.1, -0.05) is 121 Å². The molecule has 1 aliphatic heterocycles. The molecular formula is C38H40O7. The lowest BCUT2D eigenvalue weighted by Gasteiger charge is -2.43. The Hall–Kier alpha value is -4.27. The van der Waals surface area contributed by atoms with Crippen LogP contribution in [0.25, 0.3) is 0 Å². The normalized spacial score (nSPS) is 20.4. The fourth-order valence-electron chi connectivity index (χ4n) is 5.11. The van der Waals surface area contributed by atoms with Crippen LogP contribution in [0.4, 0.5) is 0 Å². The summed E-state index contributed by atoms with van der Waals surface area (Å²) in [7, 11) is 0. The summed E-state index contributed by atoms with van der Waals surface area (Å²) in [4.78, 5) is 11.6. The highest BCUT2D eigenvalue weighted by Crippen LogP contribution is 2.33. The van der Waals surface area contributed by atoms with Crippen molar-refractivity contribution in [2.45, 2.75) is 57.8 Å². The largest absolute Gasteiger partial charge is 0.487 e. The minimum atomic E-state index is -0.643. The fourth-order valence-corrected chi connectivity index (χ4v) is 5.11. The molecule has 5 rings (SSSR count). The third-order valence-electron chi connectivity index (χ3n) is 7.36. The molecule has 4 aromatic rings. The monoisotopic (exact) mass is 608 g/mol. The van der Waals surface area contributed by atoms with Crippen molar-refractivity contribution in [3.05, 3.63) is 155 Å². The zero-order chi connectivity index (χ0) is 31.1. The second kappa shape index (κ2) is 17.3. The van der Waals surface area contributed by atoms with Crippen molar-refractivity contribution in [2.75, 3.05) is 13.2 Å². The van der Waals surface area contributed by atoms with Crippen LogP contribution in [-0.2, 0) is 59.6 Å². The molecule has 0 bridgehead atoms. The molecule has 45 heavy (non-hydrogen) atoms. The number of hydrogen-bond acceptors (Lipinski definition) is 7. The second-order valence-electron chi connectivity index (χ2n) is 10.8. The summed E-state index contributed by atoms with van der Waals surface area (Å²) in [6.07, 6.45) is -0.543. The van der Waals surface area contributed by atoms with Crippen molar-refractivity contribution in [3.63, 3.8) is 0 Å². The van der Waals surface area contributed by atoms with E-state index < -0.39 is 24.4 Å². The number of carbonyl (C=O) groups excluding carboxylic acids is 1. The van der Waals surface area contributed by atoms with Gasteiger partial charge in [0.15, 0.2) is 6.10 Å². The van der Waals surface area contributed by atoms with E-state index in [1.165, 1.54) is 6.92 Å². The molecule has 0 radical (unpaired) electrons. The summed E-state index contributed by atoms with van der Waals surface area (Å²) in [6.45, 7) is 3.10. The number of ether oxygens (including phenoxy) is 6. The highest BCUT2D eigenvalue weighted by atomic mass is 16.6. The molecule has 0 unspecified atom stereocenters. The number of hydrogen-bond donors (Lipinski definition) is 0. The molecule has 1 heterocycles. The highest BCUT2D eigenvalue weighted by molar-refractivity contribution is 5.66. The summed E-state index contributed by atoms with van der Waals surface area (Å²) in [5.41, 5.74) is 4.12. The standard InChI is InChI=1S/C38H40O7/c1-29(39)41-23-22-34-36(42-25-31-16-8-3-9-17-31)38(44-27-33-20-12-5-13-21-33)37(43-26-32-18-10-4-11-19-32)35(45-34)28-40-24-30-14-6-2-7-15-30/h2-22,35-38H,23-28H2,1H3/t35-,36+,37-,38+/m1/s1. The SMILES string of the molecule is CC(=O)OCC=C1O[C@H](COCc2ccccc2)[C@@H](OCc2ccccc2)[C@@H](OCc2ccccc2)[C@H]1OCc1ccccc1. The van der Waals surface area contributed by atoms with Gasteiger partial charge in [-0.25, -0.2) is 0 Å². The molecule has 0 aromatic heterocycles. The molecule has 1 aliphatic rings. The zero-order valence-electron chi connectivity index (χ0n) is 25.5. The van der Waals surface area contributed by atoms with Gasteiger partial charge in [-0.3, -0.25) is 4.79 Å². The van der Waals surface area contributed by atoms with Gasteiger partial charge in [0, 0.05) is 6.92 Å². The molecule has 0 amide bonds. The van der Waals surface area contributed by atoms with Gasteiger partial charge >= 0.3 is 5.97 Å². The maximum atomic E-state index is 11.6. The molecule has 7 heteroatoms. The second-order valence-corrected chi connectivity index (χ2v) is 10.8. The predicted molar refractivity (Wildman–Crippen MR) is 171 cm³/mol. The Labute approximate surface area is 265 Å². The summed E-state index contributed by atoms with van der Waals surface area (Å²) in [5, 5.41) is 0. The van der Waals surface area contributed by atoms with E-state index in [0.717, 1.165) is 22.3 Å². The molecule has 234 valence electrons. The first-order valence-corrected chi connectivity index (χ1v) is 15.2. The van der Waals surface area contributed by atoms with Gasteiger partial charge in [0.1, 0.15) is 30.7 Å². The van der Waals surface area contributed by atoms with Crippen molar-refractivity contribution in [2.24, 2.45) is 0 Å². The number of benzene rings is 4. The maximum Gasteiger partial charge on any atom is 0.302 e. The summed E-state index contributed by atoms with van der Waals surface area (Å²) < 4.78 is 38.0. The van der Waals surface area contributed by atoms with E-state index in [1.54, 1.807) is 6.08 Å². The predicted octanol–water partition coefficient (Wildman–Crippen LogP) is 6.81. The van der Waals surface area contributed by atoms with E-state index in [2.05, 4.69) is 0 Å². The Kier molecular flexibility index (Phi) is 12.3. The zero-order valence-corrected chi connectivity index (χ0v) is 25.5. The molecule has 0 spiro atoms. The van der Waals surface area contributed by atoms with Crippen LogP contribution >= 0.6 is 0 Å². The Morgan fingerprint density at radius 1 is 0.622 bits per heavy atom. The average molecular weight is 609 g/mol. The van der Waals surface area contributed by atoms with Gasteiger partial charge in [0.25, 0.3) is 0 Å². The van der Waals surface area contributed by atoms with Crippen molar-refractivity contribution >= 4 is 5.97 Å². The molecule has 4 aromatic carbocycles. The lowest BCUT2D eigenvalue weighted by atomic mass is 9.96. The van der Waals surface area contributed by atoms with Crippen LogP contribution in [0.15, 0.2) is 133 Å². The lowest BCUT2D eigenvalue weighted by Crippen LogP contribution is -2.56.